The van der Waals surface area contributed by atoms with Gasteiger partial charge in [-0.3, -0.25) is 0 Å². The minimum Gasteiger partial charge on any atom is -0.477 e. The maximum atomic E-state index is 11.2. The molecule has 3 rings (SSSR count). The highest BCUT2D eigenvalue weighted by Crippen LogP contribution is 2.35. The number of furan rings is 1. The van der Waals surface area contributed by atoms with Gasteiger partial charge in [-0.05, 0) is 25.1 Å². The van der Waals surface area contributed by atoms with Crippen LogP contribution >= 0.6 is 11.8 Å². The zero-order valence-corrected chi connectivity index (χ0v) is 11.5. The van der Waals surface area contributed by atoms with Crippen LogP contribution in [-0.2, 0) is 0 Å². The van der Waals surface area contributed by atoms with Crippen LogP contribution in [0.1, 0.15) is 16.2 Å². The molecule has 2 aromatic heterocycles. The molecule has 0 aliphatic carbocycles. The van der Waals surface area contributed by atoms with Crippen molar-refractivity contribution in [3.05, 3.63) is 54.1 Å². The van der Waals surface area contributed by atoms with Gasteiger partial charge in [0.2, 0.25) is 0 Å². The van der Waals surface area contributed by atoms with Crippen LogP contribution in [0.15, 0.2) is 56.9 Å². The van der Waals surface area contributed by atoms with E-state index in [1.807, 2.05) is 37.3 Å². The summed E-state index contributed by atoms with van der Waals surface area (Å²) in [6.07, 6.45) is 1.62. The lowest BCUT2D eigenvalue weighted by Crippen LogP contribution is -2.00. The van der Waals surface area contributed by atoms with Gasteiger partial charge < -0.3 is 9.52 Å². The van der Waals surface area contributed by atoms with Gasteiger partial charge in [-0.15, -0.1) is 0 Å². The molecule has 1 aromatic carbocycles. The van der Waals surface area contributed by atoms with Crippen LogP contribution < -0.4 is 0 Å². The van der Waals surface area contributed by atoms with Gasteiger partial charge in [-0.25, -0.2) is 9.78 Å². The molecule has 3 aromatic rings. The predicted octanol–water partition coefficient (Wildman–Crippen LogP) is 3.99. The van der Waals surface area contributed by atoms with Crippen LogP contribution in [0.4, 0.5) is 0 Å². The summed E-state index contributed by atoms with van der Waals surface area (Å²) >= 11 is 1.48. The molecule has 1 N–H and O–H groups in total. The van der Waals surface area contributed by atoms with E-state index in [-0.39, 0.29) is 5.69 Å². The molecule has 0 spiro atoms. The van der Waals surface area contributed by atoms with Gasteiger partial charge in [0.1, 0.15) is 11.5 Å². The highest BCUT2D eigenvalue weighted by Gasteiger charge is 2.13. The summed E-state index contributed by atoms with van der Waals surface area (Å²) in [6.45, 7) is 1.88. The number of fused-ring (bicyclic) bond motifs is 1. The maximum absolute atomic E-state index is 11.2. The quantitative estimate of drug-likeness (QED) is 0.788. The fraction of sp³-hybridized carbons (Fsp3) is 0.0667. The number of carboxylic acid groups (broad SMARTS) is 1. The molecule has 0 aliphatic rings. The normalized spacial score (nSPS) is 10.8. The number of aryl methyl sites for hydroxylation is 1. The lowest BCUT2D eigenvalue weighted by Gasteiger charge is -2.07. The molecule has 2 heterocycles. The standard InChI is InChI=1S/C15H11NO3S/c1-9-13(6-7-19-9)20-14-8-12(15(17)18)16-11-5-3-2-4-10(11)14/h2-8H,1H3,(H,17,18). The lowest BCUT2D eigenvalue weighted by atomic mass is 10.2. The van der Waals surface area contributed by atoms with Crippen molar-refractivity contribution in [1.29, 1.82) is 0 Å². The number of carboxylic acids is 1. The van der Waals surface area contributed by atoms with Crippen molar-refractivity contribution in [2.45, 2.75) is 16.7 Å². The van der Waals surface area contributed by atoms with Crippen molar-refractivity contribution in [1.82, 2.24) is 4.98 Å². The Morgan fingerprint density at radius 1 is 1.25 bits per heavy atom. The number of hydrogen-bond acceptors (Lipinski definition) is 4. The van der Waals surface area contributed by atoms with Crippen LogP contribution in [0.2, 0.25) is 0 Å². The Kier molecular flexibility index (Phi) is 3.20. The average molecular weight is 285 g/mol. The van der Waals surface area contributed by atoms with E-state index in [1.165, 1.54) is 11.8 Å². The third kappa shape index (κ3) is 2.28. The molecule has 4 nitrogen and oxygen atoms in total. The molecule has 5 heteroatoms. The third-order valence-electron chi connectivity index (χ3n) is 2.93. The Morgan fingerprint density at radius 3 is 2.75 bits per heavy atom. The molecule has 0 aliphatic heterocycles. The van der Waals surface area contributed by atoms with Gasteiger partial charge in [0.05, 0.1) is 16.7 Å². The van der Waals surface area contributed by atoms with E-state index in [2.05, 4.69) is 4.98 Å². The van der Waals surface area contributed by atoms with E-state index in [0.29, 0.717) is 5.52 Å². The lowest BCUT2D eigenvalue weighted by molar-refractivity contribution is 0.0690. The topological polar surface area (TPSA) is 63.3 Å². The number of aromatic carboxylic acids is 1. The first kappa shape index (κ1) is 12.7. The van der Waals surface area contributed by atoms with Gasteiger partial charge in [0.25, 0.3) is 0 Å². The number of aromatic nitrogens is 1. The maximum Gasteiger partial charge on any atom is 0.354 e. The van der Waals surface area contributed by atoms with Crippen molar-refractivity contribution in [2.75, 3.05) is 0 Å². The summed E-state index contributed by atoms with van der Waals surface area (Å²) in [4.78, 5) is 17.2. The molecule has 0 radical (unpaired) electrons. The summed E-state index contributed by atoms with van der Waals surface area (Å²) in [6, 6.07) is 11.0. The number of pyridine rings is 1. The van der Waals surface area contributed by atoms with E-state index in [1.54, 1.807) is 12.3 Å². The minimum atomic E-state index is -1.03. The van der Waals surface area contributed by atoms with E-state index in [0.717, 1.165) is 20.9 Å². The first-order valence-electron chi connectivity index (χ1n) is 6.00. The predicted molar refractivity (Wildman–Crippen MR) is 76.3 cm³/mol. The highest BCUT2D eigenvalue weighted by atomic mass is 32.2. The first-order valence-corrected chi connectivity index (χ1v) is 6.82. The second-order valence-corrected chi connectivity index (χ2v) is 5.35. The molecule has 20 heavy (non-hydrogen) atoms. The molecule has 0 saturated heterocycles. The van der Waals surface area contributed by atoms with Gasteiger partial charge in [0.15, 0.2) is 0 Å². The van der Waals surface area contributed by atoms with Crippen LogP contribution in [-0.4, -0.2) is 16.1 Å². The number of benzene rings is 1. The molecule has 0 bridgehead atoms. The van der Waals surface area contributed by atoms with Crippen molar-refractivity contribution >= 4 is 28.6 Å². The molecule has 0 amide bonds. The van der Waals surface area contributed by atoms with Crippen molar-refractivity contribution in [2.24, 2.45) is 0 Å². The molecule has 0 fully saturated rings. The van der Waals surface area contributed by atoms with Gasteiger partial charge in [-0.1, -0.05) is 30.0 Å². The summed E-state index contributed by atoms with van der Waals surface area (Å²) < 4.78 is 5.27. The fourth-order valence-electron chi connectivity index (χ4n) is 1.94. The molecular formula is C15H11NO3S. The summed E-state index contributed by atoms with van der Waals surface area (Å²) in [5.74, 6) is -0.214. The number of hydrogen-bond donors (Lipinski definition) is 1. The van der Waals surface area contributed by atoms with Crippen molar-refractivity contribution in [3.8, 4) is 0 Å². The number of para-hydroxylation sites is 1. The molecule has 0 saturated carbocycles. The zero-order chi connectivity index (χ0) is 14.1. The van der Waals surface area contributed by atoms with Crippen LogP contribution in [0.3, 0.4) is 0 Å². The Labute approximate surface area is 119 Å². The highest BCUT2D eigenvalue weighted by molar-refractivity contribution is 7.99. The Bertz CT molecular complexity index is 795. The number of carbonyl (C=O) groups is 1. The van der Waals surface area contributed by atoms with E-state index < -0.39 is 5.97 Å². The minimum absolute atomic E-state index is 0.0485. The summed E-state index contributed by atoms with van der Waals surface area (Å²) in [5.41, 5.74) is 0.725. The third-order valence-corrected chi connectivity index (χ3v) is 4.13. The van der Waals surface area contributed by atoms with Crippen LogP contribution in [0.25, 0.3) is 10.9 Å². The summed E-state index contributed by atoms with van der Waals surface area (Å²) in [7, 11) is 0. The van der Waals surface area contributed by atoms with Gasteiger partial charge >= 0.3 is 5.97 Å². The summed E-state index contributed by atoms with van der Waals surface area (Å²) in [5, 5.41) is 10.1. The average Bonchev–Trinajstić information content (AvgIpc) is 2.84. The Hall–Kier alpha value is -2.27. The number of nitrogens with zero attached hydrogens (tertiary/aromatic N) is 1. The zero-order valence-electron chi connectivity index (χ0n) is 10.7. The molecule has 0 unspecified atom stereocenters. The Morgan fingerprint density at radius 2 is 2.05 bits per heavy atom. The molecular weight excluding hydrogens is 274 g/mol. The van der Waals surface area contributed by atoms with Crippen LogP contribution in [0, 0.1) is 6.92 Å². The van der Waals surface area contributed by atoms with Gasteiger partial charge in [-0.2, -0.15) is 0 Å². The number of rotatable bonds is 3. The molecule has 0 atom stereocenters. The fourth-order valence-corrected chi connectivity index (χ4v) is 2.94. The van der Waals surface area contributed by atoms with E-state index >= 15 is 0 Å². The van der Waals surface area contributed by atoms with Gasteiger partial charge in [0, 0.05) is 10.3 Å². The van der Waals surface area contributed by atoms with E-state index in [4.69, 9.17) is 9.52 Å². The van der Waals surface area contributed by atoms with E-state index in [9.17, 15) is 4.79 Å². The van der Waals surface area contributed by atoms with Crippen molar-refractivity contribution in [3.63, 3.8) is 0 Å². The monoisotopic (exact) mass is 285 g/mol. The smallest absolute Gasteiger partial charge is 0.354 e. The van der Waals surface area contributed by atoms with Crippen LogP contribution in [0.5, 0.6) is 0 Å². The SMILES string of the molecule is Cc1occc1Sc1cc(C(=O)O)nc2ccccc12. The Balaban J connectivity index is 2.17. The second-order valence-electron chi connectivity index (χ2n) is 4.27. The first-order chi connectivity index (χ1) is 9.65. The van der Waals surface area contributed by atoms with Crippen molar-refractivity contribution < 1.29 is 14.3 Å². The second kappa shape index (κ2) is 5.02. The molecule has 100 valence electrons. The largest absolute Gasteiger partial charge is 0.477 e.